The van der Waals surface area contributed by atoms with Gasteiger partial charge < -0.3 is 0 Å². The van der Waals surface area contributed by atoms with Crippen LogP contribution in [0.5, 0.6) is 0 Å². The lowest BCUT2D eigenvalue weighted by Crippen LogP contribution is -2.43. The molecule has 0 radical (unpaired) electrons. The topological polar surface area (TPSA) is 127 Å². The zero-order valence-corrected chi connectivity index (χ0v) is 17.0. The number of nitrogens with zero attached hydrogens (tertiary/aromatic N) is 2. The van der Waals surface area contributed by atoms with E-state index in [0.29, 0.717) is 10.8 Å². The van der Waals surface area contributed by atoms with Crippen molar-refractivity contribution in [2.24, 2.45) is 0 Å². The maximum atomic E-state index is 12.5. The number of amides is 2. The molecule has 0 aliphatic heterocycles. The molecule has 2 N–H and O–H groups in total. The van der Waals surface area contributed by atoms with Gasteiger partial charge in [0.2, 0.25) is 5.91 Å². The summed E-state index contributed by atoms with van der Waals surface area (Å²) in [6.07, 6.45) is -0.333. The smallest absolute Gasteiger partial charge is 0.273 e. The number of hydrogen-bond donors (Lipinski definition) is 2. The fourth-order valence-corrected chi connectivity index (χ4v) is 4.10. The molecule has 30 heavy (non-hydrogen) atoms. The highest BCUT2D eigenvalue weighted by molar-refractivity contribution is 7.91. The summed E-state index contributed by atoms with van der Waals surface area (Å²) in [5.41, 5.74) is 4.07. The lowest BCUT2D eigenvalue weighted by molar-refractivity contribution is -0.121. The number of hydrogen-bond acceptors (Lipinski definition) is 6. The van der Waals surface area contributed by atoms with Gasteiger partial charge in [-0.25, -0.2) is 13.1 Å². The number of sulfone groups is 1. The molecular formula is C20H20N4O5S. The Bertz CT molecular complexity index is 1250. The summed E-state index contributed by atoms with van der Waals surface area (Å²) in [7, 11) is -3.61. The Morgan fingerprint density at radius 1 is 0.967 bits per heavy atom. The molecule has 156 valence electrons. The molecule has 0 saturated carbocycles. The van der Waals surface area contributed by atoms with E-state index in [4.69, 9.17) is 0 Å². The van der Waals surface area contributed by atoms with Crippen molar-refractivity contribution in [1.29, 1.82) is 0 Å². The van der Waals surface area contributed by atoms with Crippen LogP contribution in [0.25, 0.3) is 10.8 Å². The number of carbonyl (C=O) groups is 2. The van der Waals surface area contributed by atoms with Crippen molar-refractivity contribution in [1.82, 2.24) is 20.6 Å². The minimum atomic E-state index is -3.61. The van der Waals surface area contributed by atoms with E-state index in [0.717, 1.165) is 4.68 Å². The number of rotatable bonds is 6. The minimum absolute atomic E-state index is 0.0238. The number of aromatic nitrogens is 2. The minimum Gasteiger partial charge on any atom is -0.273 e. The summed E-state index contributed by atoms with van der Waals surface area (Å²) in [5.74, 6) is -1.79. The first-order valence-electron chi connectivity index (χ1n) is 9.20. The van der Waals surface area contributed by atoms with E-state index in [9.17, 15) is 22.8 Å². The van der Waals surface area contributed by atoms with Gasteiger partial charge in [0.25, 0.3) is 11.5 Å². The molecule has 3 aromatic rings. The largest absolute Gasteiger partial charge is 0.290 e. The van der Waals surface area contributed by atoms with Crippen molar-refractivity contribution in [3.05, 3.63) is 70.6 Å². The highest BCUT2D eigenvalue weighted by Crippen LogP contribution is 2.13. The molecule has 0 aliphatic carbocycles. The number of hydrazine groups is 1. The van der Waals surface area contributed by atoms with Gasteiger partial charge in [0.05, 0.1) is 16.0 Å². The van der Waals surface area contributed by atoms with Gasteiger partial charge in [-0.15, -0.1) is 0 Å². The van der Waals surface area contributed by atoms with Crippen molar-refractivity contribution < 1.29 is 18.0 Å². The van der Waals surface area contributed by atoms with E-state index in [-0.39, 0.29) is 29.1 Å². The summed E-state index contributed by atoms with van der Waals surface area (Å²) in [6.45, 7) is 1.99. The SMILES string of the molecule is CCn1nc(C(=O)NNC(=O)CCS(=O)(=O)c2ccccc2)c2ccccc2c1=O. The summed E-state index contributed by atoms with van der Waals surface area (Å²) in [6, 6.07) is 14.3. The maximum Gasteiger partial charge on any atom is 0.290 e. The zero-order valence-electron chi connectivity index (χ0n) is 16.2. The normalized spacial score (nSPS) is 11.2. The van der Waals surface area contributed by atoms with Gasteiger partial charge in [0.15, 0.2) is 15.5 Å². The van der Waals surface area contributed by atoms with Crippen LogP contribution in [0.3, 0.4) is 0 Å². The van der Waals surface area contributed by atoms with Crippen LogP contribution in [-0.2, 0) is 21.2 Å². The first kappa shape index (κ1) is 21.2. The van der Waals surface area contributed by atoms with Crippen LogP contribution in [0.2, 0.25) is 0 Å². The first-order valence-corrected chi connectivity index (χ1v) is 10.9. The second-order valence-corrected chi connectivity index (χ2v) is 8.51. The number of fused-ring (bicyclic) bond motifs is 1. The molecule has 0 fully saturated rings. The van der Waals surface area contributed by atoms with Crippen molar-refractivity contribution in [2.45, 2.75) is 24.8 Å². The van der Waals surface area contributed by atoms with Crippen molar-refractivity contribution >= 4 is 32.4 Å². The van der Waals surface area contributed by atoms with Crippen molar-refractivity contribution in [3.63, 3.8) is 0 Å². The van der Waals surface area contributed by atoms with Gasteiger partial charge in [-0.1, -0.05) is 36.4 Å². The Labute approximate surface area is 172 Å². The fourth-order valence-electron chi connectivity index (χ4n) is 2.84. The molecule has 1 aromatic heterocycles. The Balaban J connectivity index is 1.68. The van der Waals surface area contributed by atoms with Crippen LogP contribution >= 0.6 is 0 Å². The quantitative estimate of drug-likeness (QED) is 0.565. The molecule has 0 bridgehead atoms. The summed E-state index contributed by atoms with van der Waals surface area (Å²) < 4.78 is 25.6. The average molecular weight is 428 g/mol. The third kappa shape index (κ3) is 4.54. The molecule has 0 unspecified atom stereocenters. The average Bonchev–Trinajstić information content (AvgIpc) is 2.77. The van der Waals surface area contributed by atoms with Gasteiger partial charge in [-0.2, -0.15) is 5.10 Å². The zero-order chi connectivity index (χ0) is 21.7. The van der Waals surface area contributed by atoms with Crippen molar-refractivity contribution in [3.8, 4) is 0 Å². The Morgan fingerprint density at radius 2 is 1.60 bits per heavy atom. The van der Waals surface area contributed by atoms with Crippen LogP contribution in [-0.4, -0.2) is 35.8 Å². The van der Waals surface area contributed by atoms with Crippen LogP contribution < -0.4 is 16.4 Å². The maximum absolute atomic E-state index is 12.5. The summed E-state index contributed by atoms with van der Waals surface area (Å²) in [4.78, 5) is 37.0. The molecule has 2 aromatic carbocycles. The third-order valence-electron chi connectivity index (χ3n) is 4.40. The second kappa shape index (κ2) is 8.87. The monoisotopic (exact) mass is 428 g/mol. The number of benzene rings is 2. The van der Waals surface area contributed by atoms with Crippen LogP contribution in [0.15, 0.2) is 64.3 Å². The molecule has 0 spiro atoms. The molecule has 9 nitrogen and oxygen atoms in total. The summed E-state index contributed by atoms with van der Waals surface area (Å²) >= 11 is 0. The van der Waals surface area contributed by atoms with Gasteiger partial charge in [-0.05, 0) is 25.1 Å². The van der Waals surface area contributed by atoms with E-state index in [1.54, 1.807) is 49.4 Å². The molecule has 2 amide bonds. The molecule has 0 saturated heterocycles. The summed E-state index contributed by atoms with van der Waals surface area (Å²) in [5, 5.41) is 4.75. The van der Waals surface area contributed by atoms with Gasteiger partial charge >= 0.3 is 0 Å². The van der Waals surface area contributed by atoms with E-state index in [2.05, 4.69) is 16.0 Å². The lowest BCUT2D eigenvalue weighted by atomic mass is 10.1. The Kier molecular flexibility index (Phi) is 6.26. The fraction of sp³-hybridized carbons (Fsp3) is 0.200. The highest BCUT2D eigenvalue weighted by atomic mass is 32.2. The van der Waals surface area contributed by atoms with E-state index in [1.165, 1.54) is 12.1 Å². The number of carbonyl (C=O) groups excluding carboxylic acids is 2. The van der Waals surface area contributed by atoms with Crippen LogP contribution in [0.4, 0.5) is 0 Å². The van der Waals surface area contributed by atoms with E-state index in [1.807, 2.05) is 0 Å². The van der Waals surface area contributed by atoms with E-state index < -0.39 is 27.4 Å². The molecule has 0 aliphatic rings. The van der Waals surface area contributed by atoms with Gasteiger partial charge in [-0.3, -0.25) is 25.2 Å². The number of aryl methyl sites for hydroxylation is 1. The first-order chi connectivity index (χ1) is 14.3. The Hall–Kier alpha value is -3.53. The Morgan fingerprint density at radius 3 is 2.27 bits per heavy atom. The lowest BCUT2D eigenvalue weighted by Gasteiger charge is -2.11. The molecule has 3 rings (SSSR count). The molecular weight excluding hydrogens is 408 g/mol. The molecule has 1 heterocycles. The van der Waals surface area contributed by atoms with Crippen LogP contribution in [0, 0.1) is 0 Å². The predicted molar refractivity (Wildman–Crippen MR) is 110 cm³/mol. The third-order valence-corrected chi connectivity index (χ3v) is 6.13. The van der Waals surface area contributed by atoms with Crippen molar-refractivity contribution in [2.75, 3.05) is 5.75 Å². The molecule has 0 atom stereocenters. The van der Waals surface area contributed by atoms with Gasteiger partial charge in [0.1, 0.15) is 0 Å². The number of nitrogens with one attached hydrogen (secondary N) is 2. The second-order valence-electron chi connectivity index (χ2n) is 6.40. The highest BCUT2D eigenvalue weighted by Gasteiger charge is 2.19. The predicted octanol–water partition coefficient (Wildman–Crippen LogP) is 1.04. The standard InChI is InChI=1S/C20H20N4O5S/c1-2-24-20(27)16-11-7-6-10-15(16)18(23-24)19(26)22-21-17(25)12-13-30(28,29)14-8-4-3-5-9-14/h3-11H,2,12-13H2,1H3,(H,21,25)(H,22,26). The van der Waals surface area contributed by atoms with Gasteiger partial charge in [0, 0.05) is 18.4 Å². The van der Waals surface area contributed by atoms with Crippen LogP contribution in [0.1, 0.15) is 23.8 Å². The molecule has 10 heteroatoms. The van der Waals surface area contributed by atoms with E-state index >= 15 is 0 Å².